The maximum Gasteiger partial charge on any atom is 0.0356 e. The van der Waals surface area contributed by atoms with Crippen LogP contribution in [0.5, 0.6) is 0 Å². The molecule has 0 aromatic rings. The van der Waals surface area contributed by atoms with Crippen molar-refractivity contribution >= 4 is 0 Å². The largest absolute Gasteiger partial charge is 0.312 e. The summed E-state index contributed by atoms with van der Waals surface area (Å²) < 4.78 is 0. The van der Waals surface area contributed by atoms with Gasteiger partial charge in [-0.25, -0.2) is 0 Å². The standard InChI is InChI=1S/C19H38N2/c1-4-15-20-18(16-17-11-7-8-12-17)19(21(2)3)13-9-5-6-10-14-19/h17-18,20H,4-16H2,1-3H3. The summed E-state index contributed by atoms with van der Waals surface area (Å²) in [6, 6.07) is 0.702. The van der Waals surface area contributed by atoms with Crippen LogP contribution in [-0.4, -0.2) is 37.1 Å². The van der Waals surface area contributed by atoms with E-state index in [1.807, 2.05) is 0 Å². The van der Waals surface area contributed by atoms with Gasteiger partial charge >= 0.3 is 0 Å². The Morgan fingerprint density at radius 2 is 1.62 bits per heavy atom. The van der Waals surface area contributed by atoms with Gasteiger partial charge in [0.05, 0.1) is 0 Å². The molecule has 1 N–H and O–H groups in total. The van der Waals surface area contributed by atoms with E-state index >= 15 is 0 Å². The summed E-state index contributed by atoms with van der Waals surface area (Å²) in [7, 11) is 4.67. The fourth-order valence-corrected chi connectivity index (χ4v) is 4.84. The van der Waals surface area contributed by atoms with Crippen molar-refractivity contribution in [3.05, 3.63) is 0 Å². The molecule has 1 atom stereocenters. The van der Waals surface area contributed by atoms with E-state index in [4.69, 9.17) is 0 Å². The van der Waals surface area contributed by atoms with Crippen molar-refractivity contribution < 1.29 is 0 Å². The third-order valence-electron chi connectivity index (χ3n) is 6.19. The van der Waals surface area contributed by atoms with E-state index in [2.05, 4.69) is 31.2 Å². The molecule has 0 radical (unpaired) electrons. The first kappa shape index (κ1) is 17.3. The summed E-state index contributed by atoms with van der Waals surface area (Å²) in [5.41, 5.74) is 0.411. The molecule has 21 heavy (non-hydrogen) atoms. The van der Waals surface area contributed by atoms with Crippen LogP contribution in [-0.2, 0) is 0 Å². The first-order chi connectivity index (χ1) is 10.2. The van der Waals surface area contributed by atoms with E-state index in [9.17, 15) is 0 Å². The van der Waals surface area contributed by atoms with Crippen molar-refractivity contribution in [2.45, 2.75) is 95.6 Å². The molecule has 0 heterocycles. The Morgan fingerprint density at radius 3 is 2.14 bits per heavy atom. The summed E-state index contributed by atoms with van der Waals surface area (Å²) >= 11 is 0. The predicted molar refractivity (Wildman–Crippen MR) is 92.8 cm³/mol. The molecule has 0 amide bonds. The molecule has 2 rings (SSSR count). The van der Waals surface area contributed by atoms with Gasteiger partial charge in [0, 0.05) is 11.6 Å². The van der Waals surface area contributed by atoms with E-state index in [-0.39, 0.29) is 0 Å². The molecule has 2 heteroatoms. The van der Waals surface area contributed by atoms with Crippen LogP contribution in [0.1, 0.15) is 84.0 Å². The summed E-state index contributed by atoms with van der Waals surface area (Å²) in [6.07, 6.45) is 17.1. The molecule has 2 fully saturated rings. The fourth-order valence-electron chi connectivity index (χ4n) is 4.84. The van der Waals surface area contributed by atoms with Crippen LogP contribution in [0.2, 0.25) is 0 Å². The van der Waals surface area contributed by atoms with E-state index in [1.54, 1.807) is 0 Å². The molecule has 2 aliphatic carbocycles. The second kappa shape index (κ2) is 8.53. The van der Waals surface area contributed by atoms with Crippen molar-refractivity contribution in [2.75, 3.05) is 20.6 Å². The molecule has 2 aliphatic rings. The highest BCUT2D eigenvalue weighted by Crippen LogP contribution is 2.39. The summed E-state index contributed by atoms with van der Waals surface area (Å²) in [6.45, 7) is 3.49. The lowest BCUT2D eigenvalue weighted by molar-refractivity contribution is 0.0686. The average molecular weight is 295 g/mol. The zero-order chi connectivity index (χ0) is 15.1. The van der Waals surface area contributed by atoms with Gasteiger partial charge in [-0.1, -0.05) is 58.3 Å². The monoisotopic (exact) mass is 294 g/mol. The van der Waals surface area contributed by atoms with Gasteiger partial charge in [0.2, 0.25) is 0 Å². The van der Waals surface area contributed by atoms with Crippen molar-refractivity contribution in [2.24, 2.45) is 5.92 Å². The zero-order valence-corrected chi connectivity index (χ0v) is 14.8. The zero-order valence-electron chi connectivity index (χ0n) is 14.8. The van der Waals surface area contributed by atoms with Crippen LogP contribution in [0.4, 0.5) is 0 Å². The Hall–Kier alpha value is -0.0800. The minimum atomic E-state index is 0.411. The number of hydrogen-bond donors (Lipinski definition) is 1. The van der Waals surface area contributed by atoms with E-state index in [0.29, 0.717) is 11.6 Å². The topological polar surface area (TPSA) is 15.3 Å². The second-order valence-corrected chi connectivity index (χ2v) is 7.81. The smallest absolute Gasteiger partial charge is 0.0356 e. The van der Waals surface area contributed by atoms with Gasteiger partial charge < -0.3 is 10.2 Å². The van der Waals surface area contributed by atoms with E-state index in [0.717, 1.165) is 5.92 Å². The first-order valence-corrected chi connectivity index (χ1v) is 9.60. The fraction of sp³-hybridized carbons (Fsp3) is 1.00. The molecule has 0 bridgehead atoms. The van der Waals surface area contributed by atoms with Crippen molar-refractivity contribution in [3.8, 4) is 0 Å². The van der Waals surface area contributed by atoms with Crippen molar-refractivity contribution in [1.29, 1.82) is 0 Å². The van der Waals surface area contributed by atoms with Gasteiger partial charge in [0.15, 0.2) is 0 Å². The normalized spacial score (nSPS) is 25.1. The second-order valence-electron chi connectivity index (χ2n) is 7.81. The molecule has 0 aromatic heterocycles. The van der Waals surface area contributed by atoms with Gasteiger partial charge in [-0.15, -0.1) is 0 Å². The quantitative estimate of drug-likeness (QED) is 0.691. The van der Waals surface area contributed by atoms with Crippen LogP contribution >= 0.6 is 0 Å². The number of hydrogen-bond acceptors (Lipinski definition) is 2. The lowest BCUT2D eigenvalue weighted by Gasteiger charge is -2.47. The maximum atomic E-state index is 3.97. The number of nitrogens with one attached hydrogen (secondary N) is 1. The van der Waals surface area contributed by atoms with Crippen molar-refractivity contribution in [1.82, 2.24) is 10.2 Å². The van der Waals surface area contributed by atoms with Gasteiger partial charge in [-0.3, -0.25) is 0 Å². The Labute approximate surface area is 133 Å². The maximum absolute atomic E-state index is 3.97. The average Bonchev–Trinajstić information content (AvgIpc) is 2.85. The SMILES string of the molecule is CCCNC(CC1CCCC1)C1(N(C)C)CCCCCC1. The highest BCUT2D eigenvalue weighted by atomic mass is 15.2. The Kier molecular flexibility index (Phi) is 7.01. The number of nitrogens with zero attached hydrogens (tertiary/aromatic N) is 1. The molecule has 0 saturated heterocycles. The Balaban J connectivity index is 2.11. The Morgan fingerprint density at radius 1 is 1.00 bits per heavy atom. The lowest BCUT2D eigenvalue weighted by atomic mass is 9.77. The van der Waals surface area contributed by atoms with Crippen LogP contribution in [0.25, 0.3) is 0 Å². The first-order valence-electron chi connectivity index (χ1n) is 9.60. The molecule has 1 unspecified atom stereocenters. The van der Waals surface area contributed by atoms with Crippen LogP contribution < -0.4 is 5.32 Å². The van der Waals surface area contributed by atoms with E-state index in [1.165, 1.54) is 83.6 Å². The van der Waals surface area contributed by atoms with Gasteiger partial charge in [-0.2, -0.15) is 0 Å². The molecule has 2 saturated carbocycles. The minimum Gasteiger partial charge on any atom is -0.312 e. The number of rotatable bonds is 7. The summed E-state index contributed by atoms with van der Waals surface area (Å²) in [5.74, 6) is 0.986. The van der Waals surface area contributed by atoms with Gasteiger partial charge in [0.1, 0.15) is 0 Å². The highest BCUT2D eigenvalue weighted by Gasteiger charge is 2.41. The molecule has 2 nitrogen and oxygen atoms in total. The molecule has 124 valence electrons. The third kappa shape index (κ3) is 4.45. The van der Waals surface area contributed by atoms with Crippen LogP contribution in [0.15, 0.2) is 0 Å². The predicted octanol–water partition coefficient (Wildman–Crippen LogP) is 4.59. The molecule has 0 aromatic carbocycles. The highest BCUT2D eigenvalue weighted by molar-refractivity contribution is 5.00. The van der Waals surface area contributed by atoms with Gasteiger partial charge in [0.25, 0.3) is 0 Å². The molecule has 0 aliphatic heterocycles. The van der Waals surface area contributed by atoms with Crippen LogP contribution in [0, 0.1) is 5.92 Å². The lowest BCUT2D eigenvalue weighted by Crippen LogP contribution is -2.59. The summed E-state index contributed by atoms with van der Waals surface area (Å²) in [5, 5.41) is 3.97. The minimum absolute atomic E-state index is 0.411. The Bertz CT molecular complexity index is 273. The molecular formula is C19H38N2. The number of likely N-dealkylation sites (N-methyl/N-ethyl adjacent to an activating group) is 1. The van der Waals surface area contributed by atoms with Crippen LogP contribution in [0.3, 0.4) is 0 Å². The van der Waals surface area contributed by atoms with Crippen molar-refractivity contribution in [3.63, 3.8) is 0 Å². The van der Waals surface area contributed by atoms with E-state index < -0.39 is 0 Å². The summed E-state index contributed by atoms with van der Waals surface area (Å²) in [4.78, 5) is 2.58. The van der Waals surface area contributed by atoms with Gasteiger partial charge in [-0.05, 0) is 52.2 Å². The molecular weight excluding hydrogens is 256 g/mol. The third-order valence-corrected chi connectivity index (χ3v) is 6.19. The molecule has 0 spiro atoms.